The molecule has 6 aliphatic carbocycles. The second-order valence-corrected chi connectivity index (χ2v) is 29.7. The first kappa shape index (κ1) is 79.1. The third-order valence-electron chi connectivity index (χ3n) is 18.8. The highest BCUT2D eigenvalue weighted by Gasteiger charge is 2.52. The first-order valence-corrected chi connectivity index (χ1v) is 32.3. The molecule has 0 aromatic heterocycles. The quantitative estimate of drug-likeness (QED) is 0.0578. The summed E-state index contributed by atoms with van der Waals surface area (Å²) in [5.41, 5.74) is 13.3. The van der Waals surface area contributed by atoms with Gasteiger partial charge in [0.05, 0.1) is 30.6 Å². The Morgan fingerprint density at radius 3 is 0.819 bits per heavy atom. The summed E-state index contributed by atoms with van der Waals surface area (Å²) in [7, 11) is 0. The SMILES string of the molecule is CC(C)=CCC/C(C)=C/CO.CC(C)=CCC[C@@]1(C)C[C@@H]1C#N.CC(C)=CCC[C@@]1(C)C[C@@H]1C=O.CC(C)=CCC[C@@]1(C)C[C@@H]1CO.CC(C)=CCC[C@]1(C)C[C@H]1C#N.CC(C)=CCC[C@]1(C)C[C@H]1C=O.CC(C)=CCC[C@]1(C)C[C@H]1CO. The number of carbonyl (C=O) groups is 2. The molecule has 0 bridgehead atoms. The summed E-state index contributed by atoms with van der Waals surface area (Å²) in [4.78, 5) is 20.9. The summed E-state index contributed by atoms with van der Waals surface area (Å²) in [6.07, 6.45) is 43.0. The van der Waals surface area contributed by atoms with E-state index in [0.717, 1.165) is 76.8 Å². The Balaban J connectivity index is 0.000000945. The summed E-state index contributed by atoms with van der Waals surface area (Å²) >= 11 is 0. The molecule has 7 heteroatoms. The standard InChI is InChI=1S/2C11H17N.2C11H20O.2C11H18O.C10H18O/c6*1-9(2)5-4-6-11(3)7-10(11)8-12;1-9(2)5-4-6-10(3)7-8-11/h2*5,10H,4,6-7H2,1-3H3;2*5,10,12H,4,6-8H2,1-3H3;2*5,8,10H,4,6-7H2,1-3H3;5,7,11H,4,6,8H2,1-3H3/b;;;;;;10-7+/t6*10-,11+;/m101010./s1. The van der Waals surface area contributed by atoms with E-state index in [4.69, 9.17) is 25.8 Å². The van der Waals surface area contributed by atoms with Crippen molar-refractivity contribution in [2.45, 2.75) is 274 Å². The van der Waals surface area contributed by atoms with Crippen LogP contribution in [0.25, 0.3) is 0 Å². The summed E-state index contributed by atoms with van der Waals surface area (Å²) in [5, 5.41) is 43.8. The number of aldehydes is 2. The molecule has 0 amide bonds. The van der Waals surface area contributed by atoms with Crippen molar-refractivity contribution in [3.05, 3.63) is 93.2 Å². The van der Waals surface area contributed by atoms with Gasteiger partial charge >= 0.3 is 0 Å². The van der Waals surface area contributed by atoms with E-state index >= 15 is 0 Å². The van der Waals surface area contributed by atoms with Crippen molar-refractivity contribution in [3.8, 4) is 12.1 Å². The molecule has 0 radical (unpaired) electrons. The van der Waals surface area contributed by atoms with E-state index < -0.39 is 0 Å². The number of carbonyl (C=O) groups excluding carboxylic acids is 2. The lowest BCUT2D eigenvalue weighted by molar-refractivity contribution is -0.110. The summed E-state index contributed by atoms with van der Waals surface area (Å²) in [5.74, 6) is 2.54. The average molecular weight is 1150 g/mol. The monoisotopic (exact) mass is 1150 g/mol. The highest BCUT2D eigenvalue weighted by molar-refractivity contribution is 5.60. The Morgan fingerprint density at radius 2 is 0.627 bits per heavy atom. The molecule has 6 saturated carbocycles. The van der Waals surface area contributed by atoms with Gasteiger partial charge in [-0.3, -0.25) is 0 Å². The highest BCUT2D eigenvalue weighted by Crippen LogP contribution is 2.58. The van der Waals surface area contributed by atoms with Gasteiger partial charge < -0.3 is 24.9 Å². The van der Waals surface area contributed by atoms with Gasteiger partial charge in [-0.1, -0.05) is 135 Å². The van der Waals surface area contributed by atoms with Crippen LogP contribution in [0.5, 0.6) is 0 Å². The van der Waals surface area contributed by atoms with Gasteiger partial charge in [0, 0.05) is 25.0 Å². The minimum absolute atomic E-state index is 0.167. The van der Waals surface area contributed by atoms with Crippen molar-refractivity contribution in [1.82, 2.24) is 0 Å². The van der Waals surface area contributed by atoms with Crippen LogP contribution < -0.4 is 0 Å². The fourth-order valence-corrected chi connectivity index (χ4v) is 10.8. The van der Waals surface area contributed by atoms with E-state index in [1.165, 1.54) is 109 Å². The third kappa shape index (κ3) is 35.4. The molecule has 6 aliphatic rings. The highest BCUT2D eigenvalue weighted by atomic mass is 16.3. The van der Waals surface area contributed by atoms with Gasteiger partial charge in [0.25, 0.3) is 0 Å². The first-order chi connectivity index (χ1) is 38.7. The number of nitriles is 2. The predicted octanol–water partition coefficient (Wildman–Crippen LogP) is 20.7. The lowest BCUT2D eigenvalue weighted by atomic mass is 9.99. The molecule has 0 unspecified atom stereocenters. The van der Waals surface area contributed by atoms with Crippen LogP contribution in [0.2, 0.25) is 0 Å². The molecule has 12 atom stereocenters. The number of aliphatic hydroxyl groups is 3. The molecular formula is C76H128N2O5. The van der Waals surface area contributed by atoms with Gasteiger partial charge in [-0.25, -0.2) is 0 Å². The van der Waals surface area contributed by atoms with Crippen LogP contribution in [0, 0.1) is 90.7 Å². The van der Waals surface area contributed by atoms with E-state index in [-0.39, 0.29) is 6.61 Å². The molecule has 3 N–H and O–H groups in total. The lowest BCUT2D eigenvalue weighted by Crippen LogP contribution is -2.00. The normalized spacial score (nSPS) is 29.9. The zero-order valence-corrected chi connectivity index (χ0v) is 57.6. The third-order valence-corrected chi connectivity index (χ3v) is 18.8. The van der Waals surface area contributed by atoms with E-state index in [1.807, 2.05) is 6.08 Å². The minimum Gasteiger partial charge on any atom is -0.396 e. The Kier molecular flexibility index (Phi) is 37.2. The zero-order valence-electron chi connectivity index (χ0n) is 57.6. The molecule has 0 aromatic rings. The largest absolute Gasteiger partial charge is 0.396 e. The molecular weight excluding hydrogens is 1020 g/mol. The smallest absolute Gasteiger partial charge is 0.123 e. The van der Waals surface area contributed by atoms with Gasteiger partial charge in [0.2, 0.25) is 0 Å². The van der Waals surface area contributed by atoms with Crippen LogP contribution in [-0.2, 0) is 9.59 Å². The molecule has 0 aliphatic heterocycles. The van der Waals surface area contributed by atoms with Gasteiger partial charge in [-0.05, 0) is 277 Å². The Labute approximate surface area is 512 Å². The van der Waals surface area contributed by atoms with Crippen molar-refractivity contribution in [1.29, 1.82) is 10.5 Å². The van der Waals surface area contributed by atoms with E-state index in [0.29, 0.717) is 81.2 Å². The van der Waals surface area contributed by atoms with Crippen LogP contribution in [0.15, 0.2) is 93.2 Å². The fraction of sp³-hybridized carbons (Fsp3) is 0.737. The van der Waals surface area contributed by atoms with Crippen molar-refractivity contribution in [2.75, 3.05) is 19.8 Å². The summed E-state index contributed by atoms with van der Waals surface area (Å²) in [6, 6.07) is 4.69. The van der Waals surface area contributed by atoms with E-state index in [1.54, 1.807) is 0 Å². The van der Waals surface area contributed by atoms with E-state index in [9.17, 15) is 9.59 Å². The van der Waals surface area contributed by atoms with Crippen molar-refractivity contribution in [3.63, 3.8) is 0 Å². The molecule has 0 saturated heterocycles. The minimum atomic E-state index is 0.167. The van der Waals surface area contributed by atoms with Crippen molar-refractivity contribution < 1.29 is 24.9 Å². The van der Waals surface area contributed by atoms with E-state index in [2.05, 4.69) is 200 Å². The van der Waals surface area contributed by atoms with Crippen LogP contribution >= 0.6 is 0 Å². The lowest BCUT2D eigenvalue weighted by Gasteiger charge is -2.07. The van der Waals surface area contributed by atoms with Crippen molar-refractivity contribution >= 4 is 12.6 Å². The van der Waals surface area contributed by atoms with Crippen LogP contribution in [0.1, 0.15) is 274 Å². The molecule has 0 heterocycles. The topological polar surface area (TPSA) is 142 Å². The number of allylic oxidation sites excluding steroid dienone is 15. The molecule has 6 rings (SSSR count). The molecule has 0 aromatic carbocycles. The number of nitrogens with zero attached hydrogens (tertiary/aromatic N) is 2. The Bertz CT molecular complexity index is 2130. The van der Waals surface area contributed by atoms with Crippen molar-refractivity contribution in [2.24, 2.45) is 68.0 Å². The second-order valence-electron chi connectivity index (χ2n) is 29.7. The average Bonchev–Trinajstić information content (AvgIpc) is 4.32. The maximum atomic E-state index is 10.5. The fourth-order valence-electron chi connectivity index (χ4n) is 10.8. The van der Waals surface area contributed by atoms with Gasteiger partial charge in [-0.2, -0.15) is 10.5 Å². The number of rotatable bonds is 26. The maximum Gasteiger partial charge on any atom is 0.123 e. The molecule has 0 spiro atoms. The van der Waals surface area contributed by atoms with Crippen LogP contribution in [0.3, 0.4) is 0 Å². The first-order valence-electron chi connectivity index (χ1n) is 32.3. The molecule has 472 valence electrons. The number of hydrogen-bond acceptors (Lipinski definition) is 7. The van der Waals surface area contributed by atoms with Crippen LogP contribution in [0.4, 0.5) is 0 Å². The van der Waals surface area contributed by atoms with Gasteiger partial charge in [0.1, 0.15) is 12.6 Å². The predicted molar refractivity (Wildman–Crippen MR) is 356 cm³/mol. The summed E-state index contributed by atoms with van der Waals surface area (Å²) < 4.78 is 0. The van der Waals surface area contributed by atoms with Crippen LogP contribution in [-0.4, -0.2) is 47.7 Å². The van der Waals surface area contributed by atoms with Gasteiger partial charge in [0.15, 0.2) is 0 Å². The Morgan fingerprint density at radius 1 is 0.373 bits per heavy atom. The maximum absolute atomic E-state index is 10.5. The van der Waals surface area contributed by atoms with Gasteiger partial charge in [-0.15, -0.1) is 0 Å². The number of hydrogen-bond donors (Lipinski definition) is 3. The summed E-state index contributed by atoms with van der Waals surface area (Å²) in [6.45, 7) is 46.1. The zero-order chi connectivity index (χ0) is 63.8. The molecule has 7 nitrogen and oxygen atoms in total. The number of aliphatic hydroxyl groups excluding tert-OH is 3. The molecule has 6 fully saturated rings. The molecule has 83 heavy (non-hydrogen) atoms. The second kappa shape index (κ2) is 39.0. The Hall–Kier alpha value is -3.88.